The molecule has 1 aromatic heterocycles. The van der Waals surface area contributed by atoms with E-state index in [0.717, 1.165) is 5.69 Å². The minimum absolute atomic E-state index is 0.0506. The molecule has 0 aromatic carbocycles. The molecule has 0 aliphatic rings. The molecule has 4 N–H and O–H groups in total. The first-order valence-corrected chi connectivity index (χ1v) is 3.39. The highest BCUT2D eigenvalue weighted by atomic mass is 16.3. The van der Waals surface area contributed by atoms with Gasteiger partial charge in [-0.05, 0) is 0 Å². The number of hydrogen-bond acceptors (Lipinski definition) is 4. The molecule has 62 valence electrons. The predicted octanol–water partition coefficient (Wildman–Crippen LogP) is -0.501. The van der Waals surface area contributed by atoms with Gasteiger partial charge >= 0.3 is 0 Å². The molecule has 0 bridgehead atoms. The van der Waals surface area contributed by atoms with Crippen LogP contribution in [-0.4, -0.2) is 28.5 Å². The largest absolute Gasteiger partial charge is 0.394 e. The first-order chi connectivity index (χ1) is 5.29. The monoisotopic (exact) mass is 156 g/mol. The fourth-order valence-corrected chi connectivity index (χ4v) is 0.860. The molecule has 0 atom stereocenters. The minimum atomic E-state index is 0.0506. The molecule has 1 heterocycles. The topological polar surface area (TPSA) is 76.1 Å². The van der Waals surface area contributed by atoms with Gasteiger partial charge in [-0.15, -0.1) is 0 Å². The van der Waals surface area contributed by atoms with Gasteiger partial charge in [0.15, 0.2) is 0 Å². The molecule has 1 rings (SSSR count). The van der Waals surface area contributed by atoms with Gasteiger partial charge in [0.05, 0.1) is 25.0 Å². The van der Waals surface area contributed by atoms with Gasteiger partial charge in [-0.1, -0.05) is 0 Å². The molecule has 0 amide bonds. The van der Waals surface area contributed by atoms with E-state index in [9.17, 15) is 0 Å². The van der Waals surface area contributed by atoms with Crippen LogP contribution in [0.1, 0.15) is 0 Å². The second kappa shape index (κ2) is 3.25. The van der Waals surface area contributed by atoms with Crippen LogP contribution in [0.15, 0.2) is 6.20 Å². The number of aromatic nitrogens is 2. The molecule has 0 radical (unpaired) electrons. The Labute approximate surface area is 64.8 Å². The van der Waals surface area contributed by atoms with E-state index in [4.69, 9.17) is 10.8 Å². The molecule has 0 saturated carbocycles. The fraction of sp³-hybridized carbons (Fsp3) is 0.500. The molecule has 1 aromatic rings. The van der Waals surface area contributed by atoms with Gasteiger partial charge in [-0.3, -0.25) is 0 Å². The third-order valence-corrected chi connectivity index (χ3v) is 1.46. The zero-order valence-electron chi connectivity index (χ0n) is 6.41. The van der Waals surface area contributed by atoms with Gasteiger partial charge in [-0.25, -0.2) is 4.68 Å². The first kappa shape index (κ1) is 7.87. The van der Waals surface area contributed by atoms with Crippen molar-refractivity contribution in [1.82, 2.24) is 9.78 Å². The summed E-state index contributed by atoms with van der Waals surface area (Å²) >= 11 is 0. The number of nitrogens with two attached hydrogens (primary N) is 1. The van der Waals surface area contributed by atoms with Gasteiger partial charge in [0, 0.05) is 7.05 Å². The van der Waals surface area contributed by atoms with Crippen molar-refractivity contribution in [2.24, 2.45) is 0 Å². The standard InChI is InChI=1S/C6H12N4O/c1-8-5-4-9-10(2-3-11)6(5)7/h4,8,11H,2-3,7H2,1H3. The van der Waals surface area contributed by atoms with Crippen molar-refractivity contribution >= 4 is 11.5 Å². The third-order valence-electron chi connectivity index (χ3n) is 1.46. The summed E-state index contributed by atoms with van der Waals surface area (Å²) in [5.41, 5.74) is 6.42. The quantitative estimate of drug-likeness (QED) is 0.551. The normalized spacial score (nSPS) is 10.0. The lowest BCUT2D eigenvalue weighted by molar-refractivity contribution is 0.270. The Morgan fingerprint density at radius 1 is 1.82 bits per heavy atom. The lowest BCUT2D eigenvalue weighted by Gasteiger charge is -2.01. The number of rotatable bonds is 3. The molecule has 0 saturated heterocycles. The van der Waals surface area contributed by atoms with E-state index >= 15 is 0 Å². The van der Waals surface area contributed by atoms with Crippen molar-refractivity contribution in [3.63, 3.8) is 0 Å². The average molecular weight is 156 g/mol. The Kier molecular flexibility index (Phi) is 2.32. The van der Waals surface area contributed by atoms with E-state index in [0.29, 0.717) is 12.4 Å². The molecular formula is C6H12N4O. The lowest BCUT2D eigenvalue weighted by Crippen LogP contribution is -2.08. The first-order valence-electron chi connectivity index (χ1n) is 3.39. The summed E-state index contributed by atoms with van der Waals surface area (Å²) in [5, 5.41) is 15.4. The van der Waals surface area contributed by atoms with Gasteiger partial charge < -0.3 is 16.2 Å². The second-order valence-corrected chi connectivity index (χ2v) is 2.14. The van der Waals surface area contributed by atoms with E-state index in [1.54, 1.807) is 17.9 Å². The SMILES string of the molecule is CNc1cnn(CCO)c1N. The summed E-state index contributed by atoms with van der Waals surface area (Å²) in [6, 6.07) is 0. The predicted molar refractivity (Wildman–Crippen MR) is 43.3 cm³/mol. The Balaban J connectivity index is 2.82. The Morgan fingerprint density at radius 2 is 2.55 bits per heavy atom. The van der Waals surface area contributed by atoms with E-state index in [-0.39, 0.29) is 6.61 Å². The third kappa shape index (κ3) is 1.43. The summed E-state index contributed by atoms with van der Waals surface area (Å²) in [6.07, 6.45) is 1.63. The van der Waals surface area contributed by atoms with Gasteiger partial charge in [0.2, 0.25) is 0 Å². The maximum Gasteiger partial charge on any atom is 0.145 e. The van der Waals surface area contributed by atoms with Crippen LogP contribution in [0.2, 0.25) is 0 Å². The highest BCUT2D eigenvalue weighted by Gasteiger charge is 2.03. The number of nitrogens with one attached hydrogen (secondary N) is 1. The molecule has 11 heavy (non-hydrogen) atoms. The van der Waals surface area contributed by atoms with E-state index in [1.807, 2.05) is 0 Å². The molecule has 5 heteroatoms. The van der Waals surface area contributed by atoms with Crippen LogP contribution in [0.5, 0.6) is 0 Å². The van der Waals surface area contributed by atoms with Crippen molar-refractivity contribution < 1.29 is 5.11 Å². The molecule has 0 unspecified atom stereocenters. The summed E-state index contributed by atoms with van der Waals surface area (Å²) in [7, 11) is 1.77. The van der Waals surface area contributed by atoms with Crippen molar-refractivity contribution in [2.45, 2.75) is 6.54 Å². The smallest absolute Gasteiger partial charge is 0.145 e. The average Bonchev–Trinajstić information content (AvgIpc) is 2.34. The second-order valence-electron chi connectivity index (χ2n) is 2.14. The molecular weight excluding hydrogens is 144 g/mol. The van der Waals surface area contributed by atoms with Crippen molar-refractivity contribution in [1.29, 1.82) is 0 Å². The van der Waals surface area contributed by atoms with Crippen molar-refractivity contribution in [3.8, 4) is 0 Å². The van der Waals surface area contributed by atoms with Crippen LogP contribution in [0.3, 0.4) is 0 Å². The number of nitrogens with zero attached hydrogens (tertiary/aromatic N) is 2. The van der Waals surface area contributed by atoms with Crippen LogP contribution in [0.25, 0.3) is 0 Å². The van der Waals surface area contributed by atoms with Crippen LogP contribution in [-0.2, 0) is 6.54 Å². The molecule has 5 nitrogen and oxygen atoms in total. The summed E-state index contributed by atoms with van der Waals surface area (Å²) in [5.74, 6) is 0.557. The van der Waals surface area contributed by atoms with Crippen LogP contribution >= 0.6 is 0 Å². The van der Waals surface area contributed by atoms with E-state index in [2.05, 4.69) is 10.4 Å². The van der Waals surface area contributed by atoms with Gasteiger partial charge in [0.1, 0.15) is 5.82 Å². The number of aliphatic hydroxyl groups excluding tert-OH is 1. The highest BCUT2D eigenvalue weighted by molar-refractivity contribution is 5.60. The van der Waals surface area contributed by atoms with Crippen LogP contribution < -0.4 is 11.1 Å². The Morgan fingerprint density at radius 3 is 3.00 bits per heavy atom. The Hall–Kier alpha value is -1.23. The van der Waals surface area contributed by atoms with E-state index < -0.39 is 0 Å². The summed E-state index contributed by atoms with van der Waals surface area (Å²) < 4.78 is 1.55. The van der Waals surface area contributed by atoms with Crippen LogP contribution in [0.4, 0.5) is 11.5 Å². The van der Waals surface area contributed by atoms with Crippen molar-refractivity contribution in [3.05, 3.63) is 6.20 Å². The number of nitrogen functional groups attached to an aromatic ring is 1. The molecule has 0 aliphatic carbocycles. The maximum absolute atomic E-state index is 8.59. The van der Waals surface area contributed by atoms with Crippen LogP contribution in [0, 0.1) is 0 Å². The van der Waals surface area contributed by atoms with E-state index in [1.165, 1.54) is 0 Å². The number of hydrogen-bond donors (Lipinski definition) is 3. The summed E-state index contributed by atoms with van der Waals surface area (Å²) in [4.78, 5) is 0. The van der Waals surface area contributed by atoms with Gasteiger partial charge in [0.25, 0.3) is 0 Å². The fourth-order valence-electron chi connectivity index (χ4n) is 0.860. The highest BCUT2D eigenvalue weighted by Crippen LogP contribution is 2.15. The number of aliphatic hydroxyl groups is 1. The zero-order chi connectivity index (χ0) is 8.27. The Bertz CT molecular complexity index is 232. The lowest BCUT2D eigenvalue weighted by atomic mass is 10.5. The zero-order valence-corrected chi connectivity index (χ0v) is 6.41. The maximum atomic E-state index is 8.59. The molecule has 0 fully saturated rings. The molecule has 0 spiro atoms. The van der Waals surface area contributed by atoms with Crippen molar-refractivity contribution in [2.75, 3.05) is 24.7 Å². The van der Waals surface area contributed by atoms with Gasteiger partial charge in [-0.2, -0.15) is 5.10 Å². The number of anilines is 2. The minimum Gasteiger partial charge on any atom is -0.394 e. The molecule has 0 aliphatic heterocycles. The summed E-state index contributed by atoms with van der Waals surface area (Å²) in [6.45, 7) is 0.489.